The molecule has 1 aliphatic heterocycles. The fourth-order valence-electron chi connectivity index (χ4n) is 3.09. The topological polar surface area (TPSA) is 92.3 Å². The van der Waals surface area contributed by atoms with E-state index in [1.54, 1.807) is 27.7 Å². The average molecular weight is 450 g/mol. The second-order valence-corrected chi connectivity index (χ2v) is 8.91. The van der Waals surface area contributed by atoms with E-state index in [0.29, 0.717) is 5.75 Å². The number of cyclic esters (lactones) is 1. The second-order valence-electron chi connectivity index (χ2n) is 8.91. The van der Waals surface area contributed by atoms with Crippen LogP contribution in [0.2, 0.25) is 0 Å². The fraction of sp³-hybridized carbons (Fsp3) is 0.583. The minimum Gasteiger partial charge on any atom is -0.485 e. The Kier molecular flexibility index (Phi) is 9.53. The Labute approximate surface area is 190 Å². The lowest BCUT2D eigenvalue weighted by atomic mass is 10.1. The summed E-state index contributed by atoms with van der Waals surface area (Å²) in [6.45, 7) is 13.4. The van der Waals surface area contributed by atoms with Crippen LogP contribution in [0, 0.1) is 0 Å². The predicted molar refractivity (Wildman–Crippen MR) is 120 cm³/mol. The number of rotatable bonds is 6. The zero-order valence-electron chi connectivity index (χ0n) is 19.6. The highest BCUT2D eigenvalue weighted by Gasteiger charge is 2.36. The van der Waals surface area contributed by atoms with Gasteiger partial charge in [0.25, 0.3) is 0 Å². The van der Waals surface area contributed by atoms with E-state index in [1.165, 1.54) is 0 Å². The van der Waals surface area contributed by atoms with E-state index in [-0.39, 0.29) is 26.2 Å². The van der Waals surface area contributed by atoms with E-state index in [2.05, 4.69) is 11.9 Å². The Hall–Kier alpha value is -2.58. The van der Waals surface area contributed by atoms with Gasteiger partial charge in [0.1, 0.15) is 29.6 Å². The van der Waals surface area contributed by atoms with Gasteiger partial charge in [-0.2, -0.15) is 0 Å². The predicted octanol–water partition coefficient (Wildman–Crippen LogP) is 3.64. The molecule has 0 radical (unpaired) electrons. The zero-order chi connectivity index (χ0) is 23.7. The smallest absolute Gasteiger partial charge is 0.408 e. The van der Waals surface area contributed by atoms with Gasteiger partial charge < -0.3 is 29.0 Å². The van der Waals surface area contributed by atoms with E-state index < -0.39 is 42.0 Å². The number of hydrogen-bond donors (Lipinski definition) is 1. The van der Waals surface area contributed by atoms with Crippen LogP contribution in [0.5, 0.6) is 5.75 Å². The molecule has 8 heteroatoms. The van der Waals surface area contributed by atoms with E-state index >= 15 is 0 Å². The molecule has 1 aromatic rings. The number of carbonyl (C=O) groups excluding carboxylic acids is 2. The third kappa shape index (κ3) is 8.88. The molecule has 1 heterocycles. The number of hydrogen-bond acceptors (Lipinski definition) is 7. The maximum absolute atomic E-state index is 12.8. The molecule has 1 saturated heterocycles. The van der Waals surface area contributed by atoms with E-state index in [0.717, 1.165) is 5.57 Å². The quantitative estimate of drug-likeness (QED) is 0.524. The maximum Gasteiger partial charge on any atom is 0.408 e. The molecule has 1 aliphatic rings. The van der Waals surface area contributed by atoms with Gasteiger partial charge in [-0.3, -0.25) is 0 Å². The Bertz CT molecular complexity index is 759. The molecule has 0 aromatic heterocycles. The number of nitrogens with one attached hydrogen (secondary N) is 1. The van der Waals surface area contributed by atoms with Gasteiger partial charge in [-0.1, -0.05) is 30.4 Å². The van der Waals surface area contributed by atoms with Crippen molar-refractivity contribution in [2.45, 2.75) is 71.0 Å². The average Bonchev–Trinajstić information content (AvgIpc) is 2.68. The molecule has 1 fully saturated rings. The third-order valence-electron chi connectivity index (χ3n) is 4.49. The minimum atomic E-state index is -0.902. The highest BCUT2D eigenvalue weighted by atomic mass is 16.6. The lowest BCUT2D eigenvalue weighted by Crippen LogP contribution is -2.51. The minimum absolute atomic E-state index is 0.214. The summed E-state index contributed by atoms with van der Waals surface area (Å²) in [5.41, 5.74) is 0.140. The maximum atomic E-state index is 12.8. The number of ether oxygens (including phenoxy) is 5. The number of carbonyl (C=O) groups is 2. The zero-order valence-corrected chi connectivity index (χ0v) is 19.6. The molecule has 2 rings (SSSR count). The molecule has 0 spiro atoms. The van der Waals surface area contributed by atoms with E-state index in [9.17, 15) is 9.59 Å². The SMILES string of the molecule is C=C(C)CO[C@H]1[C@H](C)OC(=O)[C@@H](NC(=O)OC(C)(C)C)CCOC[C@@H]1Oc1ccccc1. The van der Waals surface area contributed by atoms with Crippen LogP contribution in [0.3, 0.4) is 0 Å². The van der Waals surface area contributed by atoms with Crippen molar-refractivity contribution in [3.8, 4) is 5.75 Å². The Morgan fingerprint density at radius 2 is 1.94 bits per heavy atom. The van der Waals surface area contributed by atoms with Crippen molar-refractivity contribution in [3.05, 3.63) is 42.5 Å². The molecule has 8 nitrogen and oxygen atoms in total. The summed E-state index contributed by atoms with van der Waals surface area (Å²) in [5.74, 6) is 0.0707. The van der Waals surface area contributed by atoms with Gasteiger partial charge in [0.15, 0.2) is 6.10 Å². The van der Waals surface area contributed by atoms with Crippen molar-refractivity contribution >= 4 is 12.1 Å². The molecule has 4 atom stereocenters. The first kappa shape index (κ1) is 25.7. The monoisotopic (exact) mass is 449 g/mol. The summed E-state index contributed by atoms with van der Waals surface area (Å²) in [6, 6.07) is 8.42. The van der Waals surface area contributed by atoms with Crippen LogP contribution in [-0.2, 0) is 23.7 Å². The molecule has 178 valence electrons. The summed E-state index contributed by atoms with van der Waals surface area (Å²) in [7, 11) is 0. The Morgan fingerprint density at radius 3 is 2.56 bits per heavy atom. The van der Waals surface area contributed by atoms with Gasteiger partial charge in [-0.15, -0.1) is 0 Å². The van der Waals surface area contributed by atoms with Crippen molar-refractivity contribution in [1.82, 2.24) is 5.32 Å². The van der Waals surface area contributed by atoms with Crippen molar-refractivity contribution in [2.24, 2.45) is 0 Å². The summed E-state index contributed by atoms with van der Waals surface area (Å²) < 4.78 is 28.9. The Morgan fingerprint density at radius 1 is 1.25 bits per heavy atom. The van der Waals surface area contributed by atoms with Crippen molar-refractivity contribution in [3.63, 3.8) is 0 Å². The highest BCUT2D eigenvalue weighted by molar-refractivity contribution is 5.81. The van der Waals surface area contributed by atoms with Crippen molar-refractivity contribution < 1.29 is 33.3 Å². The van der Waals surface area contributed by atoms with Crippen LogP contribution < -0.4 is 10.1 Å². The number of para-hydroxylation sites is 1. The van der Waals surface area contributed by atoms with E-state index in [1.807, 2.05) is 37.3 Å². The number of alkyl carbamates (subject to hydrolysis) is 1. The molecule has 1 amide bonds. The molecule has 1 N–H and O–H groups in total. The van der Waals surface area contributed by atoms with Crippen molar-refractivity contribution in [1.29, 1.82) is 0 Å². The largest absolute Gasteiger partial charge is 0.485 e. The molecule has 0 bridgehead atoms. The summed E-state index contributed by atoms with van der Waals surface area (Å²) >= 11 is 0. The molecular formula is C24H35NO7. The lowest BCUT2D eigenvalue weighted by Gasteiger charge is -2.34. The van der Waals surface area contributed by atoms with E-state index in [4.69, 9.17) is 23.7 Å². The molecule has 0 saturated carbocycles. The molecule has 0 unspecified atom stereocenters. The standard InChI is InChI=1S/C24H35NO7/c1-16(2)14-29-21-17(3)30-22(26)19(25-23(27)32-24(4,5)6)12-13-28-15-20(21)31-18-10-8-7-9-11-18/h7-11,17,19-21H,1,12-15H2,2-6H3,(H,25,27)/t17-,19-,20-,21-/m0/s1. The molecular weight excluding hydrogens is 414 g/mol. The van der Waals surface area contributed by atoms with Gasteiger partial charge in [-0.05, 0) is 46.8 Å². The van der Waals surface area contributed by atoms with Gasteiger partial charge in [0, 0.05) is 13.0 Å². The van der Waals surface area contributed by atoms with Gasteiger partial charge in [0.2, 0.25) is 0 Å². The van der Waals surface area contributed by atoms with Crippen LogP contribution in [0.1, 0.15) is 41.0 Å². The van der Waals surface area contributed by atoms with Crippen molar-refractivity contribution in [2.75, 3.05) is 19.8 Å². The lowest BCUT2D eigenvalue weighted by molar-refractivity contribution is -0.169. The van der Waals surface area contributed by atoms with Crippen LogP contribution in [0.15, 0.2) is 42.5 Å². The normalized spacial score (nSPS) is 24.7. The number of esters is 1. The first-order valence-corrected chi connectivity index (χ1v) is 10.8. The first-order valence-electron chi connectivity index (χ1n) is 10.8. The summed E-state index contributed by atoms with van der Waals surface area (Å²) in [6.07, 6.45) is -2.25. The Balaban J connectivity index is 2.15. The van der Waals surface area contributed by atoms with Gasteiger partial charge in [-0.25, -0.2) is 9.59 Å². The summed E-state index contributed by atoms with van der Waals surface area (Å²) in [4.78, 5) is 25.0. The highest BCUT2D eigenvalue weighted by Crippen LogP contribution is 2.20. The molecule has 32 heavy (non-hydrogen) atoms. The van der Waals surface area contributed by atoms with Crippen LogP contribution >= 0.6 is 0 Å². The summed E-state index contributed by atoms with van der Waals surface area (Å²) in [5, 5.41) is 2.58. The molecule has 0 aliphatic carbocycles. The number of amides is 1. The third-order valence-corrected chi connectivity index (χ3v) is 4.49. The van der Waals surface area contributed by atoms with Crippen LogP contribution in [0.25, 0.3) is 0 Å². The van der Waals surface area contributed by atoms with Gasteiger partial charge >= 0.3 is 12.1 Å². The number of benzene rings is 1. The second kappa shape index (κ2) is 11.9. The first-order chi connectivity index (χ1) is 15.0. The molecule has 1 aromatic carbocycles. The van der Waals surface area contributed by atoms with Crippen LogP contribution in [-0.4, -0.2) is 61.8 Å². The van der Waals surface area contributed by atoms with Gasteiger partial charge in [0.05, 0.1) is 13.2 Å². The van der Waals surface area contributed by atoms with Crippen LogP contribution in [0.4, 0.5) is 4.79 Å². The fourth-order valence-corrected chi connectivity index (χ4v) is 3.09.